The van der Waals surface area contributed by atoms with Crippen LogP contribution in [0.2, 0.25) is 0 Å². The van der Waals surface area contributed by atoms with Crippen LogP contribution in [0.1, 0.15) is 44.6 Å². The normalized spacial score (nSPS) is 20.9. The molecule has 1 aromatic carbocycles. The molecule has 1 atom stereocenters. The Kier molecular flexibility index (Phi) is 7.00. The van der Waals surface area contributed by atoms with E-state index in [0.717, 1.165) is 55.8 Å². The molecule has 2 aliphatic rings. The molecule has 2 heterocycles. The van der Waals surface area contributed by atoms with E-state index in [1.807, 2.05) is 23.1 Å². The maximum Gasteiger partial charge on any atom is 0.220 e. The van der Waals surface area contributed by atoms with E-state index in [0.29, 0.717) is 25.5 Å². The van der Waals surface area contributed by atoms with Gasteiger partial charge >= 0.3 is 0 Å². The molecule has 0 aliphatic carbocycles. The number of likely N-dealkylation sites (tertiary alicyclic amines) is 1. The summed E-state index contributed by atoms with van der Waals surface area (Å²) in [7, 11) is 3.23. The first-order valence-electron chi connectivity index (χ1n) is 10.3. The molecule has 1 unspecified atom stereocenters. The molecule has 2 fully saturated rings. The van der Waals surface area contributed by atoms with Gasteiger partial charge in [-0.25, -0.2) is 0 Å². The highest BCUT2D eigenvalue weighted by atomic mass is 16.5. The number of nitrogens with one attached hydrogen (secondary N) is 1. The highest BCUT2D eigenvalue weighted by molar-refractivity contribution is 5.76. The van der Waals surface area contributed by atoms with E-state index < -0.39 is 0 Å². The fourth-order valence-corrected chi connectivity index (χ4v) is 4.43. The van der Waals surface area contributed by atoms with Crippen molar-refractivity contribution in [3.63, 3.8) is 0 Å². The number of ether oxygens (including phenoxy) is 3. The van der Waals surface area contributed by atoms with Gasteiger partial charge in [0.15, 0.2) is 0 Å². The molecule has 1 spiro atoms. The molecular weight excluding hydrogens is 372 g/mol. The molecule has 2 saturated heterocycles. The van der Waals surface area contributed by atoms with Crippen LogP contribution in [-0.2, 0) is 20.9 Å². The Morgan fingerprint density at radius 2 is 2.00 bits per heavy atom. The molecule has 0 aromatic heterocycles. The topological polar surface area (TPSA) is 77.1 Å². The van der Waals surface area contributed by atoms with Gasteiger partial charge in [-0.3, -0.25) is 9.59 Å². The average molecular weight is 405 g/mol. The molecule has 7 heteroatoms. The Bertz CT molecular complexity index is 728. The van der Waals surface area contributed by atoms with Crippen LogP contribution in [0.4, 0.5) is 0 Å². The number of rotatable bonds is 6. The molecule has 1 N–H and O–H groups in total. The number of piperidine rings is 1. The third-order valence-electron chi connectivity index (χ3n) is 6.15. The van der Waals surface area contributed by atoms with Gasteiger partial charge in [-0.05, 0) is 49.8 Å². The van der Waals surface area contributed by atoms with Gasteiger partial charge < -0.3 is 24.4 Å². The lowest BCUT2D eigenvalue weighted by Crippen LogP contribution is -2.50. The van der Waals surface area contributed by atoms with Crippen molar-refractivity contribution in [2.24, 2.45) is 5.92 Å². The summed E-state index contributed by atoms with van der Waals surface area (Å²) in [6.45, 7) is 4.18. The maximum atomic E-state index is 12.6. The van der Waals surface area contributed by atoms with Gasteiger partial charge in [0.05, 0.1) is 19.8 Å². The second-order valence-corrected chi connectivity index (χ2v) is 8.05. The Morgan fingerprint density at radius 3 is 2.66 bits per heavy atom. The van der Waals surface area contributed by atoms with E-state index in [4.69, 9.17) is 14.2 Å². The van der Waals surface area contributed by atoms with Crippen LogP contribution in [-0.4, -0.2) is 56.2 Å². The van der Waals surface area contributed by atoms with Gasteiger partial charge in [0.1, 0.15) is 11.5 Å². The minimum absolute atomic E-state index is 0.0399. The number of nitrogens with zero attached hydrogens (tertiary/aromatic N) is 1. The van der Waals surface area contributed by atoms with E-state index in [1.54, 1.807) is 21.1 Å². The van der Waals surface area contributed by atoms with Crippen molar-refractivity contribution in [3.8, 4) is 11.5 Å². The number of benzene rings is 1. The van der Waals surface area contributed by atoms with Crippen LogP contribution in [0.5, 0.6) is 11.5 Å². The Balaban J connectivity index is 1.51. The largest absolute Gasteiger partial charge is 0.497 e. The molecular formula is C22H32N2O5. The van der Waals surface area contributed by atoms with E-state index in [-0.39, 0.29) is 17.4 Å². The highest BCUT2D eigenvalue weighted by Gasteiger charge is 2.41. The van der Waals surface area contributed by atoms with Crippen molar-refractivity contribution in [3.05, 3.63) is 23.8 Å². The lowest BCUT2D eigenvalue weighted by Gasteiger charge is -2.46. The third kappa shape index (κ3) is 5.41. The Morgan fingerprint density at radius 1 is 1.24 bits per heavy atom. The van der Waals surface area contributed by atoms with Gasteiger partial charge in [0.2, 0.25) is 11.8 Å². The zero-order chi connectivity index (χ0) is 20.9. The quantitative estimate of drug-likeness (QED) is 0.788. The van der Waals surface area contributed by atoms with Crippen LogP contribution in [0.15, 0.2) is 18.2 Å². The number of carbonyl (C=O) groups excluding carboxylic acids is 2. The van der Waals surface area contributed by atoms with Crippen molar-refractivity contribution in [1.29, 1.82) is 0 Å². The van der Waals surface area contributed by atoms with E-state index in [2.05, 4.69) is 5.32 Å². The minimum Gasteiger partial charge on any atom is -0.497 e. The minimum atomic E-state index is -0.175. The number of hydrogen-bond donors (Lipinski definition) is 1. The summed E-state index contributed by atoms with van der Waals surface area (Å²) in [5.41, 5.74) is 0.714. The molecule has 160 valence electrons. The predicted octanol–water partition coefficient (Wildman–Crippen LogP) is 2.52. The third-order valence-corrected chi connectivity index (χ3v) is 6.15. The lowest BCUT2D eigenvalue weighted by molar-refractivity contribution is -0.147. The standard InChI is InChI=1S/C22H32N2O5/c1-16(25)24-9-7-22(8-10-24)14-17(6-11-29-22)12-21(26)23-15-18-13-19(27-2)4-5-20(18)28-3/h4-5,13,17H,6-12,14-15H2,1-3H3,(H,23,26). The Labute approximate surface area is 172 Å². The molecule has 1 aromatic rings. The summed E-state index contributed by atoms with van der Waals surface area (Å²) >= 11 is 0. The lowest BCUT2D eigenvalue weighted by atomic mass is 9.78. The van der Waals surface area contributed by atoms with E-state index >= 15 is 0 Å². The zero-order valence-electron chi connectivity index (χ0n) is 17.7. The van der Waals surface area contributed by atoms with Gasteiger partial charge in [0.25, 0.3) is 0 Å². The summed E-state index contributed by atoms with van der Waals surface area (Å²) in [6.07, 6.45) is 3.98. The summed E-state index contributed by atoms with van der Waals surface area (Å²) < 4.78 is 16.8. The van der Waals surface area contributed by atoms with Crippen LogP contribution in [0, 0.1) is 5.92 Å². The van der Waals surface area contributed by atoms with Crippen LogP contribution in [0.25, 0.3) is 0 Å². The van der Waals surface area contributed by atoms with E-state index in [9.17, 15) is 9.59 Å². The summed E-state index contributed by atoms with van der Waals surface area (Å²) in [5.74, 6) is 1.93. The first kappa shape index (κ1) is 21.4. The fraction of sp³-hybridized carbons (Fsp3) is 0.636. The van der Waals surface area contributed by atoms with Crippen molar-refractivity contribution < 1.29 is 23.8 Å². The number of carbonyl (C=O) groups is 2. The molecule has 0 radical (unpaired) electrons. The highest BCUT2D eigenvalue weighted by Crippen LogP contribution is 2.38. The molecule has 2 amide bonds. The van der Waals surface area contributed by atoms with Crippen LogP contribution >= 0.6 is 0 Å². The van der Waals surface area contributed by atoms with Crippen LogP contribution < -0.4 is 14.8 Å². The summed E-state index contributed by atoms with van der Waals surface area (Å²) in [4.78, 5) is 26.0. The summed E-state index contributed by atoms with van der Waals surface area (Å²) in [6, 6.07) is 5.56. The number of methoxy groups -OCH3 is 2. The van der Waals surface area contributed by atoms with Crippen molar-refractivity contribution in [2.45, 2.75) is 51.2 Å². The fourth-order valence-electron chi connectivity index (χ4n) is 4.43. The van der Waals surface area contributed by atoms with Gasteiger partial charge in [-0.1, -0.05) is 0 Å². The molecule has 2 aliphatic heterocycles. The van der Waals surface area contributed by atoms with E-state index in [1.165, 1.54) is 0 Å². The number of hydrogen-bond acceptors (Lipinski definition) is 5. The summed E-state index contributed by atoms with van der Waals surface area (Å²) in [5, 5.41) is 3.02. The Hall–Kier alpha value is -2.28. The SMILES string of the molecule is COc1ccc(OC)c(CNC(=O)CC2CCOC3(CCN(C(C)=O)CC3)C2)c1. The monoisotopic (exact) mass is 404 g/mol. The number of amides is 2. The second kappa shape index (κ2) is 9.48. The molecule has 7 nitrogen and oxygen atoms in total. The van der Waals surface area contributed by atoms with Gasteiger partial charge in [0, 0.05) is 45.1 Å². The van der Waals surface area contributed by atoms with Crippen molar-refractivity contribution >= 4 is 11.8 Å². The first-order valence-corrected chi connectivity index (χ1v) is 10.3. The van der Waals surface area contributed by atoms with Crippen LogP contribution in [0.3, 0.4) is 0 Å². The predicted molar refractivity (Wildman–Crippen MR) is 109 cm³/mol. The van der Waals surface area contributed by atoms with Gasteiger partial charge in [-0.15, -0.1) is 0 Å². The van der Waals surface area contributed by atoms with Gasteiger partial charge in [-0.2, -0.15) is 0 Å². The van der Waals surface area contributed by atoms with Crippen molar-refractivity contribution in [2.75, 3.05) is 33.9 Å². The average Bonchev–Trinajstić information content (AvgIpc) is 2.72. The first-order chi connectivity index (χ1) is 13.9. The molecule has 0 saturated carbocycles. The smallest absolute Gasteiger partial charge is 0.220 e. The molecule has 0 bridgehead atoms. The second-order valence-electron chi connectivity index (χ2n) is 8.05. The van der Waals surface area contributed by atoms with Crippen molar-refractivity contribution in [1.82, 2.24) is 10.2 Å². The maximum absolute atomic E-state index is 12.6. The molecule has 3 rings (SSSR count). The zero-order valence-corrected chi connectivity index (χ0v) is 17.7. The molecule has 29 heavy (non-hydrogen) atoms.